The maximum Gasteiger partial charge on any atom is 0.191 e. The summed E-state index contributed by atoms with van der Waals surface area (Å²) in [6.07, 6.45) is 14.3. The lowest BCUT2D eigenvalue weighted by Crippen LogP contribution is -2.38. The van der Waals surface area contributed by atoms with E-state index in [2.05, 4.69) is 37.3 Å². The van der Waals surface area contributed by atoms with Crippen molar-refractivity contribution in [2.75, 3.05) is 13.6 Å². The van der Waals surface area contributed by atoms with Crippen LogP contribution in [0, 0.1) is 0 Å². The number of nitrogens with one attached hydrogen (secondary N) is 2. The van der Waals surface area contributed by atoms with Crippen molar-refractivity contribution in [3.8, 4) is 0 Å². The van der Waals surface area contributed by atoms with Crippen molar-refractivity contribution in [3.63, 3.8) is 0 Å². The number of nitrogens with zero attached hydrogens (tertiary/aromatic N) is 4. The van der Waals surface area contributed by atoms with Crippen molar-refractivity contribution in [2.24, 2.45) is 4.99 Å². The Morgan fingerprint density at radius 2 is 1.76 bits per heavy atom. The minimum absolute atomic E-state index is 0.685. The van der Waals surface area contributed by atoms with Crippen molar-refractivity contribution in [2.45, 2.75) is 90.6 Å². The molecule has 2 heterocycles. The van der Waals surface area contributed by atoms with E-state index in [0.717, 1.165) is 37.1 Å². The Kier molecular flexibility index (Phi) is 9.37. The van der Waals surface area contributed by atoms with Gasteiger partial charge in [0.2, 0.25) is 0 Å². The zero-order chi connectivity index (χ0) is 17.7. The molecule has 0 atom stereocenters. The van der Waals surface area contributed by atoms with E-state index in [9.17, 15) is 0 Å². The van der Waals surface area contributed by atoms with Crippen LogP contribution in [0.5, 0.6) is 0 Å². The highest BCUT2D eigenvalue weighted by Gasteiger charge is 2.15. The molecule has 0 unspecified atom stereocenters. The molecule has 2 rings (SSSR count). The van der Waals surface area contributed by atoms with Gasteiger partial charge in [0.1, 0.15) is 5.82 Å². The molecule has 0 saturated heterocycles. The van der Waals surface area contributed by atoms with Crippen LogP contribution < -0.4 is 10.6 Å². The molecular formula is C19H36N6. The van der Waals surface area contributed by atoms with Crippen molar-refractivity contribution in [1.82, 2.24) is 25.4 Å². The highest BCUT2D eigenvalue weighted by Crippen LogP contribution is 2.13. The quantitative estimate of drug-likeness (QED) is 0.365. The average molecular weight is 349 g/mol. The molecule has 1 aromatic heterocycles. The molecule has 1 aliphatic rings. The first kappa shape index (κ1) is 19.7. The summed E-state index contributed by atoms with van der Waals surface area (Å²) in [7, 11) is 1.82. The topological polar surface area (TPSA) is 67.1 Å². The van der Waals surface area contributed by atoms with E-state index in [1.165, 1.54) is 64.2 Å². The SMILES string of the molecule is CCCCCCCCCCNC(=NC)NCc1nnc2n1CCCC2. The summed E-state index contributed by atoms with van der Waals surface area (Å²) < 4.78 is 2.25. The number of aliphatic imine (C=N–C) groups is 1. The lowest BCUT2D eigenvalue weighted by Gasteiger charge is -2.16. The molecule has 0 radical (unpaired) electrons. The summed E-state index contributed by atoms with van der Waals surface area (Å²) >= 11 is 0. The number of hydrogen-bond donors (Lipinski definition) is 2. The lowest BCUT2D eigenvalue weighted by molar-refractivity contribution is 0.504. The van der Waals surface area contributed by atoms with Gasteiger partial charge in [-0.2, -0.15) is 0 Å². The number of guanidine groups is 1. The molecule has 2 N–H and O–H groups in total. The Morgan fingerprint density at radius 3 is 2.52 bits per heavy atom. The Bertz CT molecular complexity index is 508. The third-order valence-corrected chi connectivity index (χ3v) is 4.90. The first-order chi connectivity index (χ1) is 12.3. The fraction of sp³-hybridized carbons (Fsp3) is 0.842. The van der Waals surface area contributed by atoms with Crippen LogP contribution in [0.25, 0.3) is 0 Å². The monoisotopic (exact) mass is 348 g/mol. The maximum absolute atomic E-state index is 4.32. The van der Waals surface area contributed by atoms with Crippen LogP contribution in [0.2, 0.25) is 0 Å². The van der Waals surface area contributed by atoms with E-state index in [4.69, 9.17) is 0 Å². The molecule has 1 aliphatic heterocycles. The summed E-state index contributed by atoms with van der Waals surface area (Å²) in [5.41, 5.74) is 0. The third kappa shape index (κ3) is 7.04. The van der Waals surface area contributed by atoms with E-state index in [-0.39, 0.29) is 0 Å². The fourth-order valence-electron chi connectivity index (χ4n) is 3.35. The Hall–Kier alpha value is -1.59. The fourth-order valence-corrected chi connectivity index (χ4v) is 3.35. The van der Waals surface area contributed by atoms with Crippen LogP contribution >= 0.6 is 0 Å². The van der Waals surface area contributed by atoms with Gasteiger partial charge in [0.05, 0.1) is 6.54 Å². The molecule has 1 aromatic rings. The average Bonchev–Trinajstić information content (AvgIpc) is 3.06. The molecule has 0 fully saturated rings. The van der Waals surface area contributed by atoms with Crippen molar-refractivity contribution in [1.29, 1.82) is 0 Å². The van der Waals surface area contributed by atoms with Crippen LogP contribution in [-0.4, -0.2) is 34.3 Å². The van der Waals surface area contributed by atoms with E-state index >= 15 is 0 Å². The highest BCUT2D eigenvalue weighted by molar-refractivity contribution is 5.79. The van der Waals surface area contributed by atoms with Gasteiger partial charge in [0.15, 0.2) is 11.8 Å². The highest BCUT2D eigenvalue weighted by atomic mass is 15.3. The van der Waals surface area contributed by atoms with Gasteiger partial charge in [-0.3, -0.25) is 4.99 Å². The normalized spacial score (nSPS) is 14.4. The zero-order valence-corrected chi connectivity index (χ0v) is 16.2. The predicted molar refractivity (Wildman–Crippen MR) is 104 cm³/mol. The van der Waals surface area contributed by atoms with Gasteiger partial charge < -0.3 is 15.2 Å². The van der Waals surface area contributed by atoms with Crippen LogP contribution in [0.4, 0.5) is 0 Å². The van der Waals surface area contributed by atoms with Crippen LogP contribution in [0.15, 0.2) is 4.99 Å². The maximum atomic E-state index is 4.32. The third-order valence-electron chi connectivity index (χ3n) is 4.90. The van der Waals surface area contributed by atoms with Crippen molar-refractivity contribution >= 4 is 5.96 Å². The molecule has 0 saturated carbocycles. The van der Waals surface area contributed by atoms with E-state index in [1.807, 2.05) is 7.05 Å². The van der Waals surface area contributed by atoms with E-state index in [1.54, 1.807) is 0 Å². The van der Waals surface area contributed by atoms with Gasteiger partial charge >= 0.3 is 0 Å². The molecule has 0 aliphatic carbocycles. The van der Waals surface area contributed by atoms with Gasteiger partial charge in [-0.15, -0.1) is 10.2 Å². The summed E-state index contributed by atoms with van der Waals surface area (Å²) in [5, 5.41) is 15.4. The molecule has 142 valence electrons. The standard InChI is InChI=1S/C19H36N6/c1-3-4-5-6-7-8-9-11-14-21-19(20-2)22-16-18-24-23-17-13-10-12-15-25(17)18/h3-16H2,1-2H3,(H2,20,21,22). The number of fused-ring (bicyclic) bond motifs is 1. The number of aryl methyl sites for hydroxylation is 1. The molecule has 6 heteroatoms. The van der Waals surface area contributed by atoms with Gasteiger partial charge in [-0.1, -0.05) is 51.9 Å². The van der Waals surface area contributed by atoms with Crippen LogP contribution in [0.1, 0.15) is 82.8 Å². The molecule has 0 spiro atoms. The molecule has 0 amide bonds. The molecular weight excluding hydrogens is 312 g/mol. The van der Waals surface area contributed by atoms with Gasteiger partial charge in [0, 0.05) is 26.6 Å². The first-order valence-corrected chi connectivity index (χ1v) is 10.2. The minimum atomic E-state index is 0.685. The second-order valence-electron chi connectivity index (χ2n) is 6.97. The summed E-state index contributed by atoms with van der Waals surface area (Å²) in [6, 6.07) is 0. The smallest absolute Gasteiger partial charge is 0.191 e. The molecule has 25 heavy (non-hydrogen) atoms. The lowest BCUT2D eigenvalue weighted by atomic mass is 10.1. The van der Waals surface area contributed by atoms with Gasteiger partial charge in [-0.25, -0.2) is 0 Å². The van der Waals surface area contributed by atoms with Crippen molar-refractivity contribution < 1.29 is 0 Å². The predicted octanol–water partition coefficient (Wildman–Crippen LogP) is 3.42. The number of rotatable bonds is 11. The molecule has 6 nitrogen and oxygen atoms in total. The molecule has 0 aromatic carbocycles. The minimum Gasteiger partial charge on any atom is -0.356 e. The molecule has 0 bridgehead atoms. The van der Waals surface area contributed by atoms with Crippen LogP contribution in [-0.2, 0) is 19.5 Å². The number of aromatic nitrogens is 3. The number of unbranched alkanes of at least 4 members (excludes halogenated alkanes) is 7. The number of hydrogen-bond acceptors (Lipinski definition) is 3. The van der Waals surface area contributed by atoms with Gasteiger partial charge in [0.25, 0.3) is 0 Å². The zero-order valence-electron chi connectivity index (χ0n) is 16.2. The van der Waals surface area contributed by atoms with Crippen molar-refractivity contribution in [3.05, 3.63) is 11.6 Å². The Balaban J connectivity index is 1.56. The second kappa shape index (κ2) is 11.9. The van der Waals surface area contributed by atoms with Gasteiger partial charge in [-0.05, 0) is 19.3 Å². The Labute approximate surface area is 152 Å². The summed E-state index contributed by atoms with van der Waals surface area (Å²) in [5.74, 6) is 3.01. The van der Waals surface area contributed by atoms with Crippen LogP contribution in [0.3, 0.4) is 0 Å². The van der Waals surface area contributed by atoms with E-state index in [0.29, 0.717) is 6.54 Å². The Morgan fingerprint density at radius 1 is 1.00 bits per heavy atom. The second-order valence-corrected chi connectivity index (χ2v) is 6.97. The summed E-state index contributed by atoms with van der Waals surface area (Å²) in [4.78, 5) is 4.30. The first-order valence-electron chi connectivity index (χ1n) is 10.2. The van der Waals surface area contributed by atoms with E-state index < -0.39 is 0 Å². The largest absolute Gasteiger partial charge is 0.356 e. The summed E-state index contributed by atoms with van der Waals surface area (Å²) in [6.45, 7) is 4.98.